The quantitative estimate of drug-likeness (QED) is 0.742. The second-order valence-electron chi connectivity index (χ2n) is 6.24. The molecular weight excluding hydrogens is 417 g/mol. The smallest absolute Gasteiger partial charge is 0.433 e. The maximum absolute atomic E-state index is 13.6. The van der Waals surface area contributed by atoms with Gasteiger partial charge in [0.15, 0.2) is 10.6 Å². The van der Waals surface area contributed by atoms with Gasteiger partial charge in [-0.1, -0.05) is 11.6 Å². The Morgan fingerprint density at radius 1 is 1.29 bits per heavy atom. The van der Waals surface area contributed by atoms with Crippen LogP contribution in [0.25, 0.3) is 0 Å². The molecule has 1 aliphatic carbocycles. The van der Waals surface area contributed by atoms with E-state index in [0.717, 1.165) is 0 Å². The minimum atomic E-state index is -4.72. The Kier molecular flexibility index (Phi) is 5.74. The van der Waals surface area contributed by atoms with E-state index in [1.165, 1.54) is 24.5 Å². The number of hydrogen-bond donors (Lipinski definition) is 1. The Morgan fingerprint density at radius 2 is 1.96 bits per heavy atom. The van der Waals surface area contributed by atoms with Crippen LogP contribution < -0.4 is 10.6 Å². The van der Waals surface area contributed by atoms with Gasteiger partial charge in [-0.15, -0.1) is 0 Å². The van der Waals surface area contributed by atoms with Crippen molar-refractivity contribution in [2.75, 3.05) is 11.2 Å². The van der Waals surface area contributed by atoms with Crippen LogP contribution in [0.1, 0.15) is 29.8 Å². The van der Waals surface area contributed by atoms with E-state index in [9.17, 15) is 22.5 Å². The zero-order valence-electron chi connectivity index (χ0n) is 14.7. The lowest BCUT2D eigenvalue weighted by atomic mass is 9.94. The highest BCUT2D eigenvalue weighted by atomic mass is 35.5. The summed E-state index contributed by atoms with van der Waals surface area (Å²) >= 11 is 4.41. The minimum absolute atomic E-state index is 0.0234. The van der Waals surface area contributed by atoms with Crippen LogP contribution in [-0.4, -0.2) is 26.8 Å². The average Bonchev–Trinajstić information content (AvgIpc) is 2.60. The first kappa shape index (κ1) is 20.7. The van der Waals surface area contributed by atoms with E-state index >= 15 is 0 Å². The van der Waals surface area contributed by atoms with Gasteiger partial charge >= 0.3 is 12.2 Å². The van der Waals surface area contributed by atoms with Gasteiger partial charge in [0.2, 0.25) is 5.95 Å². The van der Waals surface area contributed by atoms with E-state index in [0.29, 0.717) is 24.2 Å². The Hall–Kier alpha value is -2.04. The van der Waals surface area contributed by atoms with Gasteiger partial charge in [0.25, 0.3) is 0 Å². The fourth-order valence-corrected chi connectivity index (χ4v) is 4.02. The fourth-order valence-electron chi connectivity index (χ4n) is 3.15. The van der Waals surface area contributed by atoms with E-state index < -0.39 is 35.0 Å². The number of halogens is 4. The molecule has 0 spiro atoms. The minimum Gasteiger partial charge on any atom is -0.612 e. The van der Waals surface area contributed by atoms with Gasteiger partial charge in [-0.3, -0.25) is 0 Å². The third-order valence-corrected chi connectivity index (χ3v) is 5.53. The van der Waals surface area contributed by atoms with Crippen molar-refractivity contribution in [1.82, 2.24) is 9.97 Å². The van der Waals surface area contributed by atoms with E-state index in [-0.39, 0.29) is 33.3 Å². The number of rotatable bonds is 3. The zero-order chi connectivity index (χ0) is 20.6. The van der Waals surface area contributed by atoms with Crippen LogP contribution in [0.3, 0.4) is 0 Å². The summed E-state index contributed by atoms with van der Waals surface area (Å²) in [6.45, 7) is 0. The number of primary amides is 1. The Morgan fingerprint density at radius 3 is 2.57 bits per heavy atom. The maximum Gasteiger partial charge on any atom is 0.433 e. The van der Waals surface area contributed by atoms with Gasteiger partial charge in [-0.25, -0.2) is 19.7 Å². The highest BCUT2D eigenvalue weighted by molar-refractivity contribution is 7.90. The number of anilines is 2. The van der Waals surface area contributed by atoms with Crippen LogP contribution in [0.2, 0.25) is 5.02 Å². The van der Waals surface area contributed by atoms with Gasteiger partial charge in [0.1, 0.15) is 11.9 Å². The molecule has 2 amide bonds. The van der Waals surface area contributed by atoms with Crippen LogP contribution in [0.4, 0.5) is 29.6 Å². The van der Waals surface area contributed by atoms with E-state index in [4.69, 9.17) is 17.3 Å². The SMILES string of the molecule is C[S+]([O-])c1ccc(Cl)cc1N(C(N)=O)c1nc2c(c(C(F)(F)F)n1)CCCC2. The second-order valence-corrected chi connectivity index (χ2v) is 8.03. The molecule has 1 atom stereocenters. The summed E-state index contributed by atoms with van der Waals surface area (Å²) in [6.07, 6.45) is -1.52. The molecule has 0 fully saturated rings. The van der Waals surface area contributed by atoms with Crippen LogP contribution in [0.5, 0.6) is 0 Å². The second kappa shape index (κ2) is 7.76. The average molecular weight is 433 g/mol. The lowest BCUT2D eigenvalue weighted by Crippen LogP contribution is -2.35. The fraction of sp³-hybridized carbons (Fsp3) is 0.353. The van der Waals surface area contributed by atoms with Crippen molar-refractivity contribution in [2.24, 2.45) is 5.73 Å². The molecule has 28 heavy (non-hydrogen) atoms. The van der Waals surface area contributed by atoms with Crippen LogP contribution in [0, 0.1) is 0 Å². The molecule has 3 rings (SSSR count). The summed E-state index contributed by atoms with van der Waals surface area (Å²) in [7, 11) is 0. The number of carbonyl (C=O) groups is 1. The number of benzene rings is 1. The number of nitrogens with zero attached hydrogens (tertiary/aromatic N) is 3. The summed E-state index contributed by atoms with van der Waals surface area (Å²) in [5.74, 6) is -0.519. The number of amides is 2. The van der Waals surface area contributed by atoms with Gasteiger partial charge in [0.05, 0.1) is 0 Å². The van der Waals surface area contributed by atoms with Crippen molar-refractivity contribution in [3.63, 3.8) is 0 Å². The predicted octanol–water partition coefficient (Wildman–Crippen LogP) is 3.98. The maximum atomic E-state index is 13.6. The van der Waals surface area contributed by atoms with Crippen molar-refractivity contribution < 1.29 is 22.5 Å². The molecule has 1 aromatic heterocycles. The van der Waals surface area contributed by atoms with Gasteiger partial charge in [0, 0.05) is 16.3 Å². The Labute approximate surface area is 167 Å². The Balaban J connectivity index is 2.25. The number of hydrogen-bond acceptors (Lipinski definition) is 4. The molecule has 0 saturated carbocycles. The van der Waals surface area contributed by atoms with Crippen LogP contribution in [0.15, 0.2) is 23.1 Å². The van der Waals surface area contributed by atoms with Crippen molar-refractivity contribution in [3.8, 4) is 0 Å². The van der Waals surface area contributed by atoms with Crippen molar-refractivity contribution in [2.45, 2.75) is 36.8 Å². The lowest BCUT2D eigenvalue weighted by molar-refractivity contribution is -0.142. The van der Waals surface area contributed by atoms with Crippen LogP contribution >= 0.6 is 11.6 Å². The first-order valence-corrected chi connectivity index (χ1v) is 10.2. The van der Waals surface area contributed by atoms with Crippen molar-refractivity contribution in [1.29, 1.82) is 0 Å². The molecule has 6 nitrogen and oxygen atoms in total. The summed E-state index contributed by atoms with van der Waals surface area (Å²) in [4.78, 5) is 20.9. The summed E-state index contributed by atoms with van der Waals surface area (Å²) < 4.78 is 52.9. The molecule has 11 heteroatoms. The molecule has 0 aliphatic heterocycles. The van der Waals surface area contributed by atoms with Gasteiger partial charge in [-0.05, 0) is 55.1 Å². The van der Waals surface area contributed by atoms with E-state index in [1.54, 1.807) is 0 Å². The molecule has 0 radical (unpaired) electrons. The summed E-state index contributed by atoms with van der Waals surface area (Å²) in [5, 5.41) is 0.185. The van der Waals surface area contributed by atoms with Gasteiger partial charge in [-0.2, -0.15) is 13.2 Å². The first-order chi connectivity index (χ1) is 13.1. The predicted molar refractivity (Wildman–Crippen MR) is 99.2 cm³/mol. The van der Waals surface area contributed by atoms with Crippen molar-refractivity contribution in [3.05, 3.63) is 40.2 Å². The standard InChI is InChI=1S/C17H16ClF3N4O2S/c1-28(27)13-7-6-9(18)8-12(13)25(15(22)26)16-23-11-5-3-2-4-10(11)14(24-16)17(19,20)21/h6-8H,2-5H2,1H3,(H2,22,26). The molecule has 2 N–H and O–H groups in total. The number of fused-ring (bicyclic) bond motifs is 1. The molecule has 1 heterocycles. The normalized spacial score (nSPS) is 15.1. The molecule has 2 aromatic rings. The molecule has 1 aliphatic rings. The first-order valence-electron chi connectivity index (χ1n) is 8.29. The highest BCUT2D eigenvalue weighted by Crippen LogP contribution is 2.38. The zero-order valence-corrected chi connectivity index (χ0v) is 16.3. The molecule has 0 bridgehead atoms. The number of urea groups is 1. The van der Waals surface area contributed by atoms with E-state index in [2.05, 4.69) is 9.97 Å². The highest BCUT2D eigenvalue weighted by Gasteiger charge is 2.39. The number of nitrogens with two attached hydrogens (primary N) is 1. The van der Waals surface area contributed by atoms with Gasteiger partial charge < -0.3 is 10.3 Å². The monoisotopic (exact) mass is 432 g/mol. The molecule has 1 aromatic carbocycles. The lowest BCUT2D eigenvalue weighted by Gasteiger charge is -2.25. The number of alkyl halides is 3. The summed E-state index contributed by atoms with van der Waals surface area (Å²) in [6, 6.07) is 3.04. The molecule has 1 unspecified atom stereocenters. The molecule has 0 saturated heterocycles. The van der Waals surface area contributed by atoms with Crippen LogP contribution in [-0.2, 0) is 30.2 Å². The van der Waals surface area contributed by atoms with Crippen molar-refractivity contribution >= 4 is 40.4 Å². The molecule has 150 valence electrons. The topological polar surface area (TPSA) is 95.2 Å². The number of aryl methyl sites for hydroxylation is 1. The van der Waals surface area contributed by atoms with E-state index in [1.807, 2.05) is 0 Å². The third kappa shape index (κ3) is 4.03. The Bertz CT molecular complexity index is 924. The third-order valence-electron chi connectivity index (χ3n) is 4.33. The molecular formula is C17H16ClF3N4O2S. The largest absolute Gasteiger partial charge is 0.612 e. The number of aromatic nitrogens is 2. The summed E-state index contributed by atoms with van der Waals surface area (Å²) in [5.41, 5.74) is 4.60. The number of carbonyl (C=O) groups excluding carboxylic acids is 1.